The van der Waals surface area contributed by atoms with Crippen LogP contribution in [0.25, 0.3) is 33.5 Å². The van der Waals surface area contributed by atoms with Gasteiger partial charge in [-0.05, 0) is 36.4 Å². The van der Waals surface area contributed by atoms with Crippen LogP contribution in [-0.4, -0.2) is 19.5 Å². The van der Waals surface area contributed by atoms with E-state index in [-0.39, 0.29) is 0 Å². The molecule has 0 atom stereocenters. The van der Waals surface area contributed by atoms with Crippen LogP contribution in [-0.2, 0) is 0 Å². The highest BCUT2D eigenvalue weighted by Crippen LogP contribution is 2.29. The van der Waals surface area contributed by atoms with E-state index in [1.807, 2.05) is 28.9 Å². The van der Waals surface area contributed by atoms with Gasteiger partial charge in [0.1, 0.15) is 6.26 Å². The minimum absolute atomic E-state index is 0.900. The quantitative estimate of drug-likeness (QED) is 0.491. The lowest BCUT2D eigenvalue weighted by Gasteiger charge is -2.09. The summed E-state index contributed by atoms with van der Waals surface area (Å²) in [6.07, 6.45) is 7.20. The smallest absolute Gasteiger partial charge is 0.133 e. The van der Waals surface area contributed by atoms with Crippen LogP contribution >= 0.6 is 0 Å². The topological polar surface area (TPSA) is 48.8 Å². The van der Waals surface area contributed by atoms with Gasteiger partial charge >= 0.3 is 0 Å². The maximum atomic E-state index is 4.98. The molecule has 2 aromatic carbocycles. The van der Waals surface area contributed by atoms with Gasteiger partial charge in [-0.15, -0.1) is 0 Å². The molecular formula is C20H14N4O. The molecule has 5 rings (SSSR count). The van der Waals surface area contributed by atoms with Crippen LogP contribution in [0.2, 0.25) is 0 Å². The Morgan fingerprint density at radius 2 is 1.80 bits per heavy atom. The molecule has 5 heteroatoms. The Bertz CT molecular complexity index is 1140. The first-order valence-electron chi connectivity index (χ1n) is 8.01. The lowest BCUT2D eigenvalue weighted by atomic mass is 10.2. The summed E-state index contributed by atoms with van der Waals surface area (Å²) in [5, 5.41) is 9.44. The van der Waals surface area contributed by atoms with Crippen molar-refractivity contribution >= 4 is 10.9 Å². The number of benzene rings is 2. The molecule has 0 amide bonds. The van der Waals surface area contributed by atoms with E-state index >= 15 is 0 Å². The summed E-state index contributed by atoms with van der Waals surface area (Å²) in [5.41, 5.74) is 5.14. The molecule has 0 aliphatic carbocycles. The Balaban J connectivity index is 1.72. The van der Waals surface area contributed by atoms with Gasteiger partial charge < -0.3 is 9.09 Å². The van der Waals surface area contributed by atoms with Crippen molar-refractivity contribution in [1.82, 2.24) is 19.5 Å². The Morgan fingerprint density at radius 3 is 2.64 bits per heavy atom. The molecule has 0 fully saturated rings. The summed E-state index contributed by atoms with van der Waals surface area (Å²) in [6, 6.07) is 20.6. The second-order valence-corrected chi connectivity index (χ2v) is 5.77. The van der Waals surface area contributed by atoms with Gasteiger partial charge in [0, 0.05) is 17.3 Å². The zero-order chi connectivity index (χ0) is 16.6. The summed E-state index contributed by atoms with van der Waals surface area (Å²) in [4.78, 5) is 0. The van der Waals surface area contributed by atoms with Crippen molar-refractivity contribution in [2.45, 2.75) is 0 Å². The summed E-state index contributed by atoms with van der Waals surface area (Å²) in [6.45, 7) is 0. The van der Waals surface area contributed by atoms with Crippen molar-refractivity contribution in [3.8, 4) is 22.6 Å². The van der Waals surface area contributed by atoms with Gasteiger partial charge in [0.25, 0.3) is 0 Å². The van der Waals surface area contributed by atoms with Crippen LogP contribution in [0.3, 0.4) is 0 Å². The number of nitrogens with zero attached hydrogens (tertiary/aromatic N) is 4. The van der Waals surface area contributed by atoms with Gasteiger partial charge in [-0.25, -0.2) is 4.68 Å². The fraction of sp³-hybridized carbons (Fsp3) is 0. The first kappa shape index (κ1) is 13.8. The minimum Gasteiger partial charge on any atom is -0.364 e. The highest BCUT2D eigenvalue weighted by atomic mass is 16.5. The normalized spacial score (nSPS) is 11.2. The van der Waals surface area contributed by atoms with Gasteiger partial charge in [-0.3, -0.25) is 0 Å². The van der Waals surface area contributed by atoms with Crippen LogP contribution in [0.15, 0.2) is 90.0 Å². The van der Waals surface area contributed by atoms with E-state index < -0.39 is 0 Å². The van der Waals surface area contributed by atoms with Crippen LogP contribution in [0.5, 0.6) is 0 Å². The SMILES string of the molecule is c1ccc(-n2ccc3c(-n4nccc4-c4cnoc4)cccc32)cc1. The van der Waals surface area contributed by atoms with E-state index in [0.29, 0.717) is 0 Å². The van der Waals surface area contributed by atoms with Crippen molar-refractivity contribution in [2.24, 2.45) is 0 Å². The molecule has 3 aromatic heterocycles. The fourth-order valence-corrected chi connectivity index (χ4v) is 3.20. The van der Waals surface area contributed by atoms with E-state index in [1.54, 1.807) is 18.7 Å². The van der Waals surface area contributed by atoms with Crippen molar-refractivity contribution in [3.63, 3.8) is 0 Å². The molecular weight excluding hydrogens is 312 g/mol. The van der Waals surface area contributed by atoms with Crippen molar-refractivity contribution in [2.75, 3.05) is 0 Å². The standard InChI is InChI=1S/C20H14N4O/c1-2-5-16(6-3-1)23-12-10-17-19(23)7-4-8-20(17)24-18(9-11-21-24)15-13-22-25-14-15/h1-14H. The number of aromatic nitrogens is 4. The van der Waals surface area contributed by atoms with Crippen LogP contribution in [0.1, 0.15) is 0 Å². The summed E-state index contributed by atoms with van der Waals surface area (Å²) >= 11 is 0. The third kappa shape index (κ3) is 2.17. The van der Waals surface area contributed by atoms with Crippen molar-refractivity contribution in [3.05, 3.63) is 85.5 Å². The molecule has 0 radical (unpaired) electrons. The molecule has 0 unspecified atom stereocenters. The molecule has 5 nitrogen and oxygen atoms in total. The Kier molecular flexibility index (Phi) is 3.03. The number of rotatable bonds is 3. The minimum atomic E-state index is 0.900. The van der Waals surface area contributed by atoms with Gasteiger partial charge in [0.2, 0.25) is 0 Å². The first-order valence-corrected chi connectivity index (χ1v) is 8.01. The van der Waals surface area contributed by atoms with E-state index in [2.05, 4.69) is 57.4 Å². The molecule has 3 heterocycles. The maximum absolute atomic E-state index is 4.98. The maximum Gasteiger partial charge on any atom is 0.133 e. The fourth-order valence-electron chi connectivity index (χ4n) is 3.20. The summed E-state index contributed by atoms with van der Waals surface area (Å²) in [5.74, 6) is 0. The molecule has 0 saturated carbocycles. The lowest BCUT2D eigenvalue weighted by molar-refractivity contribution is 0.420. The average molecular weight is 326 g/mol. The molecule has 0 N–H and O–H groups in total. The second-order valence-electron chi connectivity index (χ2n) is 5.77. The highest BCUT2D eigenvalue weighted by Gasteiger charge is 2.13. The Labute approximate surface area is 143 Å². The zero-order valence-corrected chi connectivity index (χ0v) is 13.3. The number of para-hydroxylation sites is 1. The van der Waals surface area contributed by atoms with Crippen LogP contribution < -0.4 is 0 Å². The third-order valence-corrected chi connectivity index (χ3v) is 4.34. The van der Waals surface area contributed by atoms with Crippen LogP contribution in [0.4, 0.5) is 0 Å². The van der Waals surface area contributed by atoms with Crippen LogP contribution in [0, 0.1) is 0 Å². The van der Waals surface area contributed by atoms with Gasteiger partial charge in [-0.2, -0.15) is 5.10 Å². The predicted octanol–water partition coefficient (Wildman–Crippen LogP) is 4.47. The van der Waals surface area contributed by atoms with Gasteiger partial charge in [-0.1, -0.05) is 29.4 Å². The molecule has 5 aromatic rings. The molecule has 0 spiro atoms. The van der Waals surface area contributed by atoms with Gasteiger partial charge in [0.15, 0.2) is 0 Å². The monoisotopic (exact) mass is 326 g/mol. The lowest BCUT2D eigenvalue weighted by Crippen LogP contribution is -1.99. The predicted molar refractivity (Wildman–Crippen MR) is 95.9 cm³/mol. The first-order chi connectivity index (χ1) is 12.4. The van der Waals surface area contributed by atoms with E-state index in [1.165, 1.54) is 0 Å². The molecule has 0 aliphatic rings. The Hall–Kier alpha value is -3.60. The molecule has 0 saturated heterocycles. The summed E-state index contributed by atoms with van der Waals surface area (Å²) in [7, 11) is 0. The largest absolute Gasteiger partial charge is 0.364 e. The highest BCUT2D eigenvalue weighted by molar-refractivity contribution is 5.90. The van der Waals surface area contributed by atoms with Crippen molar-refractivity contribution < 1.29 is 4.52 Å². The summed E-state index contributed by atoms with van der Waals surface area (Å²) < 4.78 is 9.09. The average Bonchev–Trinajstić information content (AvgIpc) is 3.40. The number of fused-ring (bicyclic) bond motifs is 1. The molecule has 25 heavy (non-hydrogen) atoms. The van der Waals surface area contributed by atoms with Crippen molar-refractivity contribution in [1.29, 1.82) is 0 Å². The Morgan fingerprint density at radius 1 is 0.880 bits per heavy atom. The van der Waals surface area contributed by atoms with E-state index in [4.69, 9.17) is 4.52 Å². The third-order valence-electron chi connectivity index (χ3n) is 4.34. The van der Waals surface area contributed by atoms with E-state index in [9.17, 15) is 0 Å². The van der Waals surface area contributed by atoms with E-state index in [0.717, 1.165) is 33.5 Å². The molecule has 0 aliphatic heterocycles. The molecule has 120 valence electrons. The molecule has 0 bridgehead atoms. The number of hydrogen-bond donors (Lipinski definition) is 0. The second kappa shape index (κ2) is 5.49. The zero-order valence-electron chi connectivity index (χ0n) is 13.3. The van der Waals surface area contributed by atoms with Gasteiger partial charge in [0.05, 0.1) is 34.9 Å². The number of hydrogen-bond acceptors (Lipinski definition) is 3.